The van der Waals surface area contributed by atoms with Crippen LogP contribution in [0.1, 0.15) is 18.5 Å². The molecule has 2 atom stereocenters. The first-order valence-electron chi connectivity index (χ1n) is 5.29. The summed E-state index contributed by atoms with van der Waals surface area (Å²) in [5.74, 6) is 1.65. The Morgan fingerprint density at radius 2 is 2.00 bits per heavy atom. The molecule has 90 valence electrons. The van der Waals surface area contributed by atoms with Gasteiger partial charge < -0.3 is 15.6 Å². The minimum absolute atomic E-state index is 0.00454. The number of aliphatic hydroxyl groups is 1. The zero-order chi connectivity index (χ0) is 12.0. The van der Waals surface area contributed by atoms with Crippen molar-refractivity contribution in [3.8, 4) is 5.75 Å². The lowest BCUT2D eigenvalue weighted by molar-refractivity contribution is 0.300. The molecule has 0 fully saturated rings. The molecule has 0 saturated heterocycles. The lowest BCUT2D eigenvalue weighted by atomic mass is 10.1. The van der Waals surface area contributed by atoms with E-state index in [-0.39, 0.29) is 17.9 Å². The van der Waals surface area contributed by atoms with Crippen LogP contribution in [0.25, 0.3) is 0 Å². The Hall–Kier alpha value is -0.710. The highest BCUT2D eigenvalue weighted by molar-refractivity contribution is 7.99. The lowest BCUT2D eigenvalue weighted by Gasteiger charge is -2.14. The first kappa shape index (κ1) is 13.4. The molecule has 0 aliphatic carbocycles. The molecule has 1 rings (SSSR count). The van der Waals surface area contributed by atoms with E-state index in [4.69, 9.17) is 15.6 Å². The van der Waals surface area contributed by atoms with Gasteiger partial charge in [-0.3, -0.25) is 0 Å². The van der Waals surface area contributed by atoms with Gasteiger partial charge in [-0.1, -0.05) is 19.1 Å². The summed E-state index contributed by atoms with van der Waals surface area (Å²) in [7, 11) is 1.65. The summed E-state index contributed by atoms with van der Waals surface area (Å²) in [4.78, 5) is 0. The van der Waals surface area contributed by atoms with Crippen molar-refractivity contribution in [1.82, 2.24) is 0 Å². The summed E-state index contributed by atoms with van der Waals surface area (Å²) in [5, 5.41) is 9.15. The van der Waals surface area contributed by atoms with E-state index in [1.165, 1.54) is 0 Å². The molecule has 0 aromatic heterocycles. The average Bonchev–Trinajstić information content (AvgIpc) is 2.35. The van der Waals surface area contributed by atoms with Gasteiger partial charge in [-0.2, -0.15) is 11.8 Å². The minimum atomic E-state index is 0.00454. The van der Waals surface area contributed by atoms with Crippen molar-refractivity contribution in [2.75, 3.05) is 19.5 Å². The standard InChI is InChI=1S/C12H19NO2S/c1-9(7-14)16-8-12(13)10-3-5-11(15-2)6-4-10/h3-6,9,12,14H,7-8,13H2,1-2H3. The first-order chi connectivity index (χ1) is 7.67. The van der Waals surface area contributed by atoms with E-state index in [0.29, 0.717) is 0 Å². The topological polar surface area (TPSA) is 55.5 Å². The van der Waals surface area contributed by atoms with E-state index in [1.54, 1.807) is 18.9 Å². The maximum Gasteiger partial charge on any atom is 0.118 e. The zero-order valence-electron chi connectivity index (χ0n) is 9.72. The Morgan fingerprint density at radius 1 is 1.38 bits per heavy atom. The molecule has 0 saturated carbocycles. The predicted molar refractivity (Wildman–Crippen MR) is 68.9 cm³/mol. The highest BCUT2D eigenvalue weighted by Gasteiger charge is 2.08. The number of benzene rings is 1. The van der Waals surface area contributed by atoms with Gasteiger partial charge in [-0.05, 0) is 17.7 Å². The van der Waals surface area contributed by atoms with Gasteiger partial charge in [0, 0.05) is 17.0 Å². The van der Waals surface area contributed by atoms with E-state index in [2.05, 4.69) is 0 Å². The van der Waals surface area contributed by atoms with Gasteiger partial charge in [0.05, 0.1) is 13.7 Å². The molecule has 1 aromatic rings. The van der Waals surface area contributed by atoms with E-state index >= 15 is 0 Å². The van der Waals surface area contributed by atoms with Crippen LogP contribution in [-0.2, 0) is 0 Å². The fraction of sp³-hybridized carbons (Fsp3) is 0.500. The Morgan fingerprint density at radius 3 is 2.50 bits per heavy atom. The summed E-state index contributed by atoms with van der Waals surface area (Å²) < 4.78 is 5.09. The smallest absolute Gasteiger partial charge is 0.118 e. The highest BCUT2D eigenvalue weighted by Crippen LogP contribution is 2.21. The Kier molecular flexibility index (Phi) is 5.66. The lowest BCUT2D eigenvalue weighted by Crippen LogP contribution is -2.15. The molecule has 0 amide bonds. The monoisotopic (exact) mass is 241 g/mol. The minimum Gasteiger partial charge on any atom is -0.497 e. The Balaban J connectivity index is 2.49. The maximum absolute atomic E-state index is 8.91. The number of hydrogen-bond donors (Lipinski definition) is 2. The number of nitrogens with two attached hydrogens (primary N) is 1. The molecule has 0 radical (unpaired) electrons. The fourth-order valence-corrected chi connectivity index (χ4v) is 2.10. The van der Waals surface area contributed by atoms with Gasteiger partial charge in [-0.15, -0.1) is 0 Å². The number of methoxy groups -OCH3 is 1. The molecule has 1 aromatic carbocycles. The second-order valence-corrected chi connectivity index (χ2v) is 5.18. The third-order valence-corrected chi connectivity index (χ3v) is 3.63. The van der Waals surface area contributed by atoms with Crippen LogP contribution < -0.4 is 10.5 Å². The van der Waals surface area contributed by atoms with Crippen LogP contribution in [0.5, 0.6) is 5.75 Å². The molecule has 0 spiro atoms. The number of aliphatic hydroxyl groups excluding tert-OH is 1. The van der Waals surface area contributed by atoms with Gasteiger partial charge in [0.2, 0.25) is 0 Å². The number of hydrogen-bond acceptors (Lipinski definition) is 4. The third kappa shape index (κ3) is 4.04. The van der Waals surface area contributed by atoms with Crippen molar-refractivity contribution in [2.45, 2.75) is 18.2 Å². The van der Waals surface area contributed by atoms with Gasteiger partial charge in [-0.25, -0.2) is 0 Å². The molecule has 0 heterocycles. The van der Waals surface area contributed by atoms with Crippen molar-refractivity contribution in [1.29, 1.82) is 0 Å². The number of rotatable bonds is 6. The summed E-state index contributed by atoms with van der Waals surface area (Å²) in [6.45, 7) is 2.19. The van der Waals surface area contributed by atoms with Gasteiger partial charge in [0.15, 0.2) is 0 Å². The molecule has 4 heteroatoms. The molecule has 0 aliphatic heterocycles. The third-order valence-electron chi connectivity index (χ3n) is 2.36. The SMILES string of the molecule is COc1ccc(C(N)CSC(C)CO)cc1. The Bertz CT molecular complexity index is 302. The molecule has 3 N–H and O–H groups in total. The van der Waals surface area contributed by atoms with E-state index < -0.39 is 0 Å². The van der Waals surface area contributed by atoms with Gasteiger partial charge in [0.25, 0.3) is 0 Å². The molecule has 0 aliphatic rings. The van der Waals surface area contributed by atoms with Crippen molar-refractivity contribution in [3.63, 3.8) is 0 Å². The molecule has 16 heavy (non-hydrogen) atoms. The quantitative estimate of drug-likeness (QED) is 0.797. The van der Waals surface area contributed by atoms with Crippen molar-refractivity contribution >= 4 is 11.8 Å². The number of ether oxygens (including phenoxy) is 1. The van der Waals surface area contributed by atoms with Crippen molar-refractivity contribution in [3.05, 3.63) is 29.8 Å². The molecule has 0 bridgehead atoms. The van der Waals surface area contributed by atoms with Crippen LogP contribution in [0.2, 0.25) is 0 Å². The Labute approximate surface area is 101 Å². The summed E-state index contributed by atoms with van der Waals surface area (Å²) in [6, 6.07) is 7.79. The maximum atomic E-state index is 8.91. The van der Waals surface area contributed by atoms with E-state index in [1.807, 2.05) is 31.2 Å². The predicted octanol–water partition coefficient (Wildman–Crippen LogP) is 1.81. The van der Waals surface area contributed by atoms with Crippen LogP contribution in [-0.4, -0.2) is 29.8 Å². The zero-order valence-corrected chi connectivity index (χ0v) is 10.5. The van der Waals surface area contributed by atoms with Crippen LogP contribution in [0.3, 0.4) is 0 Å². The van der Waals surface area contributed by atoms with Gasteiger partial charge >= 0.3 is 0 Å². The van der Waals surface area contributed by atoms with Crippen LogP contribution >= 0.6 is 11.8 Å². The highest BCUT2D eigenvalue weighted by atomic mass is 32.2. The summed E-state index contributed by atoms with van der Waals surface area (Å²) in [5.41, 5.74) is 7.14. The average molecular weight is 241 g/mol. The van der Waals surface area contributed by atoms with Gasteiger partial charge in [0.1, 0.15) is 5.75 Å². The molecular formula is C12H19NO2S. The summed E-state index contributed by atoms with van der Waals surface area (Å²) >= 11 is 1.68. The normalized spacial score (nSPS) is 14.5. The van der Waals surface area contributed by atoms with E-state index in [0.717, 1.165) is 17.1 Å². The number of thioether (sulfide) groups is 1. The summed E-state index contributed by atoms with van der Waals surface area (Å²) in [6.07, 6.45) is 0. The molecule has 3 nitrogen and oxygen atoms in total. The molecule has 2 unspecified atom stereocenters. The van der Waals surface area contributed by atoms with Crippen molar-refractivity contribution < 1.29 is 9.84 Å². The van der Waals surface area contributed by atoms with E-state index in [9.17, 15) is 0 Å². The van der Waals surface area contributed by atoms with Crippen LogP contribution in [0.15, 0.2) is 24.3 Å². The fourth-order valence-electron chi connectivity index (χ4n) is 1.27. The first-order valence-corrected chi connectivity index (χ1v) is 6.34. The van der Waals surface area contributed by atoms with Crippen LogP contribution in [0, 0.1) is 0 Å². The molecular weight excluding hydrogens is 222 g/mol. The largest absolute Gasteiger partial charge is 0.497 e. The van der Waals surface area contributed by atoms with Crippen molar-refractivity contribution in [2.24, 2.45) is 5.73 Å². The van der Waals surface area contributed by atoms with Crippen LogP contribution in [0.4, 0.5) is 0 Å². The second kappa shape index (κ2) is 6.78. The second-order valence-electron chi connectivity index (χ2n) is 3.71.